The van der Waals surface area contributed by atoms with E-state index in [0.717, 1.165) is 5.82 Å². The van der Waals surface area contributed by atoms with Crippen molar-refractivity contribution in [3.8, 4) is 11.6 Å². The molecule has 1 aliphatic heterocycles. The van der Waals surface area contributed by atoms with Gasteiger partial charge in [0.1, 0.15) is 12.4 Å². The van der Waals surface area contributed by atoms with Crippen molar-refractivity contribution in [3.05, 3.63) is 54.4 Å². The van der Waals surface area contributed by atoms with Gasteiger partial charge in [-0.2, -0.15) is 0 Å². The van der Waals surface area contributed by atoms with Crippen molar-refractivity contribution < 1.29 is 14.3 Å². The summed E-state index contributed by atoms with van der Waals surface area (Å²) in [5.41, 5.74) is 0.670. The van der Waals surface area contributed by atoms with E-state index < -0.39 is 0 Å². The maximum Gasteiger partial charge on any atom is 0.292 e. The fourth-order valence-electron chi connectivity index (χ4n) is 3.40. The molecule has 10 heteroatoms. The largest absolute Gasteiger partial charge is 0.481 e. The molecule has 0 atom stereocenters. The third-order valence-corrected chi connectivity index (χ3v) is 4.92. The molecular weight excluding hydrogens is 386 g/mol. The summed E-state index contributed by atoms with van der Waals surface area (Å²) in [4.78, 5) is 25.8. The highest BCUT2D eigenvalue weighted by atomic mass is 16.5. The summed E-state index contributed by atoms with van der Waals surface area (Å²) in [5.74, 6) is 1.99. The van der Waals surface area contributed by atoms with E-state index in [1.54, 1.807) is 42.1 Å². The highest BCUT2D eigenvalue weighted by Gasteiger charge is 2.28. The Bertz CT molecular complexity index is 983. The van der Waals surface area contributed by atoms with E-state index in [9.17, 15) is 4.79 Å². The molecule has 4 rings (SSSR count). The third kappa shape index (κ3) is 3.94. The predicted molar refractivity (Wildman–Crippen MR) is 109 cm³/mol. The molecule has 1 aliphatic rings. The van der Waals surface area contributed by atoms with E-state index in [2.05, 4.69) is 25.1 Å². The highest BCUT2D eigenvalue weighted by molar-refractivity contribution is 5.91. The van der Waals surface area contributed by atoms with Crippen molar-refractivity contribution in [3.63, 3.8) is 0 Å². The Hall–Kier alpha value is -3.53. The van der Waals surface area contributed by atoms with Gasteiger partial charge in [0.25, 0.3) is 5.91 Å². The molecule has 4 heterocycles. The van der Waals surface area contributed by atoms with Gasteiger partial charge in [-0.25, -0.2) is 9.97 Å². The van der Waals surface area contributed by atoms with Crippen molar-refractivity contribution in [2.75, 3.05) is 45.3 Å². The van der Waals surface area contributed by atoms with Crippen LogP contribution in [0.5, 0.6) is 5.88 Å². The van der Waals surface area contributed by atoms with E-state index in [-0.39, 0.29) is 18.3 Å². The van der Waals surface area contributed by atoms with Gasteiger partial charge < -0.3 is 19.3 Å². The Morgan fingerprint density at radius 3 is 2.50 bits per heavy atom. The molecule has 0 radical (unpaired) electrons. The van der Waals surface area contributed by atoms with E-state index in [4.69, 9.17) is 9.47 Å². The highest BCUT2D eigenvalue weighted by Crippen LogP contribution is 2.19. The lowest BCUT2D eigenvalue weighted by molar-refractivity contribution is 0.0731. The van der Waals surface area contributed by atoms with Crippen LogP contribution in [0.2, 0.25) is 0 Å². The number of nitrogens with zero attached hydrogens (tertiary/aromatic N) is 7. The maximum atomic E-state index is 13.3. The Labute approximate surface area is 174 Å². The van der Waals surface area contributed by atoms with E-state index in [1.165, 1.54) is 0 Å². The lowest BCUT2D eigenvalue weighted by Crippen LogP contribution is -2.49. The van der Waals surface area contributed by atoms with Crippen molar-refractivity contribution in [2.45, 2.75) is 6.61 Å². The second kappa shape index (κ2) is 8.87. The van der Waals surface area contributed by atoms with Crippen molar-refractivity contribution in [1.82, 2.24) is 29.6 Å². The zero-order valence-electron chi connectivity index (χ0n) is 16.9. The van der Waals surface area contributed by atoms with Crippen LogP contribution < -0.4 is 9.64 Å². The molecule has 10 nitrogen and oxygen atoms in total. The van der Waals surface area contributed by atoms with Gasteiger partial charge in [0.05, 0.1) is 19.0 Å². The second-order valence-electron chi connectivity index (χ2n) is 6.73. The number of piperazine rings is 1. The molecular formula is C20H23N7O3. The average molecular weight is 409 g/mol. The van der Waals surface area contributed by atoms with E-state index in [1.807, 2.05) is 24.3 Å². The third-order valence-electron chi connectivity index (χ3n) is 4.92. The SMILES string of the molecule is COCc1nnc(C(=O)N2CCN(c3ccccn3)CC2)n1-c1ccc(OC)nc1. The van der Waals surface area contributed by atoms with Crippen LogP contribution in [0.25, 0.3) is 5.69 Å². The van der Waals surface area contributed by atoms with Crippen LogP contribution in [-0.4, -0.2) is 75.9 Å². The van der Waals surface area contributed by atoms with Gasteiger partial charge in [0.2, 0.25) is 11.7 Å². The lowest BCUT2D eigenvalue weighted by atomic mass is 10.3. The molecule has 30 heavy (non-hydrogen) atoms. The smallest absolute Gasteiger partial charge is 0.292 e. The van der Waals surface area contributed by atoms with Gasteiger partial charge in [-0.15, -0.1) is 10.2 Å². The first-order chi connectivity index (χ1) is 14.7. The van der Waals surface area contributed by atoms with Gasteiger partial charge in [0.15, 0.2) is 5.82 Å². The fraction of sp³-hybridized carbons (Fsp3) is 0.350. The number of pyridine rings is 2. The topological polar surface area (TPSA) is 98.5 Å². The molecule has 3 aromatic heterocycles. The van der Waals surface area contributed by atoms with Crippen LogP contribution in [0.15, 0.2) is 42.7 Å². The molecule has 0 spiro atoms. The van der Waals surface area contributed by atoms with Gasteiger partial charge in [-0.1, -0.05) is 6.07 Å². The normalized spacial score (nSPS) is 14.1. The van der Waals surface area contributed by atoms with Gasteiger partial charge >= 0.3 is 0 Å². The van der Waals surface area contributed by atoms with Crippen LogP contribution in [-0.2, 0) is 11.3 Å². The molecule has 3 aromatic rings. The second-order valence-corrected chi connectivity index (χ2v) is 6.73. The van der Waals surface area contributed by atoms with Crippen LogP contribution in [0, 0.1) is 0 Å². The van der Waals surface area contributed by atoms with Crippen molar-refractivity contribution in [2.24, 2.45) is 0 Å². The molecule has 0 unspecified atom stereocenters. The maximum absolute atomic E-state index is 13.3. The lowest BCUT2D eigenvalue weighted by Gasteiger charge is -2.35. The molecule has 0 saturated carbocycles. The number of anilines is 1. The molecule has 0 bridgehead atoms. The summed E-state index contributed by atoms with van der Waals surface area (Å²) in [7, 11) is 3.13. The molecule has 1 fully saturated rings. The Kier molecular flexibility index (Phi) is 5.84. The van der Waals surface area contributed by atoms with Crippen LogP contribution >= 0.6 is 0 Å². The number of hydrogen-bond acceptors (Lipinski definition) is 8. The number of amides is 1. The van der Waals surface area contributed by atoms with Gasteiger partial charge in [-0.05, 0) is 18.2 Å². The number of carbonyl (C=O) groups is 1. The monoisotopic (exact) mass is 409 g/mol. The van der Waals surface area contributed by atoms with Gasteiger partial charge in [-0.3, -0.25) is 9.36 Å². The number of methoxy groups -OCH3 is 2. The minimum Gasteiger partial charge on any atom is -0.481 e. The first kappa shape index (κ1) is 19.8. The summed E-state index contributed by atoms with van der Waals surface area (Å²) < 4.78 is 12.0. The Balaban J connectivity index is 1.55. The zero-order chi connectivity index (χ0) is 20.9. The summed E-state index contributed by atoms with van der Waals surface area (Å²) >= 11 is 0. The molecule has 1 amide bonds. The quantitative estimate of drug-likeness (QED) is 0.598. The minimum absolute atomic E-state index is 0.179. The molecule has 0 aliphatic carbocycles. The zero-order valence-corrected chi connectivity index (χ0v) is 16.9. The Morgan fingerprint density at radius 2 is 1.87 bits per heavy atom. The number of hydrogen-bond donors (Lipinski definition) is 0. The van der Waals surface area contributed by atoms with Gasteiger partial charge in [0, 0.05) is 45.6 Å². The summed E-state index contributed by atoms with van der Waals surface area (Å²) in [5, 5.41) is 8.33. The molecule has 0 N–H and O–H groups in total. The van der Waals surface area contributed by atoms with Crippen LogP contribution in [0.3, 0.4) is 0 Å². The predicted octanol–water partition coefficient (Wildman–Crippen LogP) is 1.17. The summed E-state index contributed by atoms with van der Waals surface area (Å²) in [6, 6.07) is 9.36. The average Bonchev–Trinajstić information content (AvgIpc) is 3.23. The standard InChI is InChI=1S/C20H23N7O3/c1-29-14-17-23-24-19(27(17)15-6-7-18(30-2)22-13-15)20(28)26-11-9-25(10-12-26)16-5-3-4-8-21-16/h3-8,13H,9-12,14H2,1-2H3. The van der Waals surface area contributed by atoms with E-state index in [0.29, 0.717) is 43.6 Å². The molecule has 156 valence electrons. The first-order valence-electron chi connectivity index (χ1n) is 9.60. The van der Waals surface area contributed by atoms with Crippen LogP contribution in [0.4, 0.5) is 5.82 Å². The Morgan fingerprint density at radius 1 is 1.03 bits per heavy atom. The van der Waals surface area contributed by atoms with Crippen molar-refractivity contribution >= 4 is 11.7 Å². The number of aromatic nitrogens is 5. The number of rotatable bonds is 6. The fourth-order valence-corrected chi connectivity index (χ4v) is 3.40. The number of ether oxygens (including phenoxy) is 2. The summed E-state index contributed by atoms with van der Waals surface area (Å²) in [6.45, 7) is 2.77. The van der Waals surface area contributed by atoms with Crippen LogP contribution in [0.1, 0.15) is 16.4 Å². The molecule has 1 saturated heterocycles. The van der Waals surface area contributed by atoms with Crippen molar-refractivity contribution in [1.29, 1.82) is 0 Å². The molecule has 0 aromatic carbocycles. The number of carbonyl (C=O) groups excluding carboxylic acids is 1. The first-order valence-corrected chi connectivity index (χ1v) is 9.60. The van der Waals surface area contributed by atoms with E-state index >= 15 is 0 Å². The minimum atomic E-state index is -0.179. The summed E-state index contributed by atoms with van der Waals surface area (Å²) in [6.07, 6.45) is 3.40.